The maximum Gasteiger partial charge on any atom is 0.200 e. The normalized spacial score (nSPS) is 27.7. The summed E-state index contributed by atoms with van der Waals surface area (Å²) in [7, 11) is -1.00. The minimum atomic E-state index is -1.10. The highest BCUT2D eigenvalue weighted by Gasteiger charge is 2.34. The number of hydrogen-bond donors (Lipinski definition) is 1. The van der Waals surface area contributed by atoms with Crippen molar-refractivity contribution >= 4 is 15.9 Å². The van der Waals surface area contributed by atoms with Crippen molar-refractivity contribution in [3.05, 3.63) is 129 Å². The Morgan fingerprint density at radius 2 is 0.747 bits per heavy atom. The first-order valence-electron chi connectivity index (χ1n) is 36.5. The van der Waals surface area contributed by atoms with Crippen molar-refractivity contribution in [3.8, 4) is 11.5 Å². The number of ether oxygens (including phenoxy) is 1. The van der Waals surface area contributed by atoms with Crippen LogP contribution in [0.1, 0.15) is 317 Å². The van der Waals surface area contributed by atoms with Crippen LogP contribution in [0.3, 0.4) is 0 Å². The lowest BCUT2D eigenvalue weighted by molar-refractivity contribution is 0.156. The van der Waals surface area contributed by atoms with E-state index >= 15 is 8.78 Å². The smallest absolute Gasteiger partial charge is 0.200 e. The summed E-state index contributed by atoms with van der Waals surface area (Å²) in [5.74, 6) is 5.18. The second kappa shape index (κ2) is 38.5. The quantitative estimate of drug-likeness (QED) is 0.0483. The molecule has 0 saturated heterocycles. The number of phenols is 1. The molecule has 6 aliphatic rings. The maximum atomic E-state index is 15.1. The average molecular weight is 1270 g/mol. The second-order valence-electron chi connectivity index (χ2n) is 28.3. The standard InChI is InChI=1S/C39H56F2O.C22H33Br.C17H24F2O.CH3F/c1-3-5-6-8-29-11-19-35(20-12-29)36-25-26-37(39(41)38(36)40)42-27-30-13-17-32(18-14-30)34-23-21-33(22-24-34)31-15-9-28(7-4-2)10-16-31;1-2-3-17-4-8-19(9-5-17)21-12-14-22(15-13-21)20-10-6-18(16-23)7-11-20;1-2-3-4-5-12-6-8-13(9-7-12)14-10-11-15(20)17(19)16(14)18;1-2/h13-14,17-18,25-26,28-29,31,33-35H,3-12,15-16,19-24,27H2,1-2H3;6-7,10-11,17,19,21-22H,2-5,8-9,12-16H2,1H3;10-13,20H,2-9H2,1H3;1H3/i;;;1D. The van der Waals surface area contributed by atoms with Crippen LogP contribution in [-0.4, -0.2) is 12.3 Å². The molecule has 4 aromatic carbocycles. The van der Waals surface area contributed by atoms with Crippen LogP contribution in [0.4, 0.5) is 22.0 Å². The minimum Gasteiger partial charge on any atom is -0.505 e. The molecule has 0 aromatic heterocycles. The minimum absolute atomic E-state index is 0.0237. The van der Waals surface area contributed by atoms with Crippen LogP contribution in [0.5, 0.6) is 11.5 Å². The van der Waals surface area contributed by atoms with E-state index in [2.05, 4.69) is 92.2 Å². The largest absolute Gasteiger partial charge is 0.505 e. The highest BCUT2D eigenvalue weighted by molar-refractivity contribution is 9.08. The molecule has 8 heteroatoms. The summed E-state index contributed by atoms with van der Waals surface area (Å²) in [6.45, 7) is 9.37. The fraction of sp³-hybridized carbons (Fsp3) is 0.696. The summed E-state index contributed by atoms with van der Waals surface area (Å²) in [6, 6.07) is 24.2. The van der Waals surface area contributed by atoms with Gasteiger partial charge >= 0.3 is 0 Å². The van der Waals surface area contributed by atoms with E-state index < -0.39 is 36.2 Å². The van der Waals surface area contributed by atoms with Crippen LogP contribution in [0.2, 0.25) is 0 Å². The van der Waals surface area contributed by atoms with Gasteiger partial charge in [-0.15, -0.1) is 0 Å². The summed E-state index contributed by atoms with van der Waals surface area (Å²) in [5.41, 5.74) is 6.38. The zero-order chi connectivity index (χ0) is 62.6. The first-order chi connectivity index (χ1) is 42.9. The molecule has 4 aromatic rings. The molecule has 0 bridgehead atoms. The van der Waals surface area contributed by atoms with Crippen molar-refractivity contribution in [2.24, 2.45) is 47.3 Å². The molecule has 6 fully saturated rings. The van der Waals surface area contributed by atoms with Gasteiger partial charge in [-0.2, -0.15) is 8.78 Å². The topological polar surface area (TPSA) is 29.5 Å². The number of halogens is 6. The lowest BCUT2D eigenvalue weighted by Gasteiger charge is -2.38. The summed E-state index contributed by atoms with van der Waals surface area (Å²) >= 11 is 3.54. The first-order valence-corrected chi connectivity index (χ1v) is 36.9. The van der Waals surface area contributed by atoms with E-state index in [1.807, 2.05) is 0 Å². The van der Waals surface area contributed by atoms with Crippen molar-refractivity contribution in [1.82, 2.24) is 0 Å². The van der Waals surface area contributed by atoms with Crippen LogP contribution in [0.25, 0.3) is 0 Å². The highest BCUT2D eigenvalue weighted by Crippen LogP contribution is 2.47. The van der Waals surface area contributed by atoms with E-state index in [1.165, 1.54) is 203 Å². The summed E-state index contributed by atoms with van der Waals surface area (Å²) < 4.78 is 78.7. The van der Waals surface area contributed by atoms with Gasteiger partial charge < -0.3 is 9.84 Å². The van der Waals surface area contributed by atoms with E-state index in [1.54, 1.807) is 17.7 Å². The SMILES string of the molecule is CCCC1CCC(C2CCC(c3ccc(CBr)cc3)CC2)CC1.CCCCCC1CCC(c2ccc(O)c(F)c2F)CC1.CCCCCC1CCC(c2ccc(OCc3ccc(C4CCC(C5CCC(CCC)CC5)CC4)cc3)c(F)c2F)CC1.[2H]CF. The Morgan fingerprint density at radius 3 is 1.14 bits per heavy atom. The van der Waals surface area contributed by atoms with Crippen LogP contribution >= 0.6 is 15.9 Å². The predicted octanol–water partition coefficient (Wildman–Crippen LogP) is 25.9. The van der Waals surface area contributed by atoms with Gasteiger partial charge in [-0.25, -0.2) is 8.78 Å². The number of rotatable bonds is 22. The van der Waals surface area contributed by atoms with Crippen LogP contribution in [-0.2, 0) is 11.9 Å². The molecule has 0 amide bonds. The predicted molar refractivity (Wildman–Crippen MR) is 359 cm³/mol. The molecule has 0 heterocycles. The summed E-state index contributed by atoms with van der Waals surface area (Å²) in [6.07, 6.45) is 47.2. The Labute approximate surface area is 536 Å². The third kappa shape index (κ3) is 21.6. The van der Waals surface area contributed by atoms with Gasteiger partial charge in [0.1, 0.15) is 6.61 Å². The van der Waals surface area contributed by atoms with Crippen molar-refractivity contribution in [3.63, 3.8) is 0 Å². The maximum absolute atomic E-state index is 15.1. The Kier molecular flexibility index (Phi) is 30.7. The molecule has 486 valence electrons. The van der Waals surface area contributed by atoms with Gasteiger partial charge in [0.05, 0.1) is 8.52 Å². The van der Waals surface area contributed by atoms with E-state index in [0.717, 1.165) is 116 Å². The molecule has 0 radical (unpaired) electrons. The van der Waals surface area contributed by atoms with Crippen molar-refractivity contribution in [2.75, 3.05) is 7.15 Å². The van der Waals surface area contributed by atoms with Gasteiger partial charge in [-0.1, -0.05) is 207 Å². The van der Waals surface area contributed by atoms with Crippen LogP contribution in [0, 0.1) is 70.6 Å². The molecule has 0 spiro atoms. The first kappa shape index (κ1) is 69.5. The zero-order valence-electron chi connectivity index (χ0n) is 55.6. The number of phenolic OH excluding ortho intramolecular Hbond substituents is 1. The lowest BCUT2D eigenvalue weighted by Crippen LogP contribution is -2.25. The van der Waals surface area contributed by atoms with Gasteiger partial charge in [0, 0.05) is 5.33 Å². The Hall–Kier alpha value is -3.39. The molecule has 6 saturated carbocycles. The number of benzene rings is 4. The Balaban J connectivity index is 0.000000202. The van der Waals surface area contributed by atoms with E-state index in [9.17, 15) is 18.3 Å². The molecule has 0 unspecified atom stereocenters. The molecular formula is C79H116BrF5O2. The number of unbranched alkanes of at least 4 members (excludes halogenated alkanes) is 4. The molecule has 0 atom stereocenters. The fourth-order valence-corrected chi connectivity index (χ4v) is 17.6. The van der Waals surface area contributed by atoms with Gasteiger partial charge in [0.2, 0.25) is 11.6 Å². The number of hydrogen-bond acceptors (Lipinski definition) is 2. The second-order valence-corrected chi connectivity index (χ2v) is 28.8. The average Bonchev–Trinajstić information content (AvgIpc) is 3.33. The monoisotopic (exact) mass is 1270 g/mol. The summed E-state index contributed by atoms with van der Waals surface area (Å²) in [5, 5.41) is 10.1. The third-order valence-electron chi connectivity index (χ3n) is 22.7. The van der Waals surface area contributed by atoms with Crippen molar-refractivity contribution in [2.45, 2.75) is 294 Å². The molecular weight excluding hydrogens is 1160 g/mol. The molecule has 2 nitrogen and oxygen atoms in total. The molecule has 1 N–H and O–H groups in total. The number of aromatic hydroxyl groups is 1. The molecule has 0 aliphatic heterocycles. The van der Waals surface area contributed by atoms with Gasteiger partial charge in [0.15, 0.2) is 23.1 Å². The van der Waals surface area contributed by atoms with E-state index in [-0.39, 0.29) is 24.2 Å². The van der Waals surface area contributed by atoms with Crippen LogP contribution < -0.4 is 4.74 Å². The fourth-order valence-electron chi connectivity index (χ4n) is 17.2. The highest BCUT2D eigenvalue weighted by atomic mass is 79.9. The van der Waals surface area contributed by atoms with Gasteiger partial charge in [0.25, 0.3) is 0 Å². The number of alkyl halides is 2. The third-order valence-corrected chi connectivity index (χ3v) is 23.3. The van der Waals surface area contributed by atoms with E-state index in [4.69, 9.17) is 6.11 Å². The zero-order valence-corrected chi connectivity index (χ0v) is 56.1. The molecule has 10 rings (SSSR count). The lowest BCUT2D eigenvalue weighted by atomic mass is 9.68. The Morgan fingerprint density at radius 1 is 0.402 bits per heavy atom. The van der Waals surface area contributed by atoms with Gasteiger partial charge in [-0.3, -0.25) is 4.39 Å². The van der Waals surface area contributed by atoms with Crippen molar-refractivity contribution in [1.29, 1.82) is 0 Å². The summed E-state index contributed by atoms with van der Waals surface area (Å²) in [4.78, 5) is 0. The Bertz CT molecular complexity index is 2510. The van der Waals surface area contributed by atoms with E-state index in [0.29, 0.717) is 17.0 Å². The van der Waals surface area contributed by atoms with Gasteiger partial charge in [-0.05, 0) is 245 Å². The van der Waals surface area contributed by atoms with Crippen LogP contribution in [0.15, 0.2) is 72.8 Å². The molecule has 6 aliphatic carbocycles. The van der Waals surface area contributed by atoms with Crippen molar-refractivity contribution < 1.29 is 33.2 Å². The molecule has 87 heavy (non-hydrogen) atoms.